The summed E-state index contributed by atoms with van der Waals surface area (Å²) in [6, 6.07) is 11.0. The first-order valence-corrected chi connectivity index (χ1v) is 7.62. The van der Waals surface area contributed by atoms with Gasteiger partial charge in [-0.2, -0.15) is 5.10 Å². The molecule has 1 aliphatic carbocycles. The molecule has 106 valence electrons. The Labute approximate surface area is 121 Å². The van der Waals surface area contributed by atoms with E-state index in [0.29, 0.717) is 6.04 Å². The lowest BCUT2D eigenvalue weighted by atomic mass is 9.98. The van der Waals surface area contributed by atoms with Crippen molar-refractivity contribution in [1.29, 1.82) is 0 Å². The molecule has 0 bridgehead atoms. The number of likely N-dealkylation sites (N-methyl/N-ethyl adjacent to an activating group) is 1. The molecule has 2 aromatic rings. The molecule has 1 atom stereocenters. The summed E-state index contributed by atoms with van der Waals surface area (Å²) in [5.74, 6) is 0.810. The standard InChI is InChI=1S/C17H23N3/c1-18-17(15-9-5-6-10-15)13-20-12-16(11-19-20)14-7-3-2-4-8-14/h2-4,7-8,11-12,15,17-18H,5-6,9-10,13H2,1H3. The molecule has 1 unspecified atom stereocenters. The second-order valence-corrected chi connectivity index (χ2v) is 5.76. The van der Waals surface area contributed by atoms with E-state index < -0.39 is 0 Å². The number of hydrogen-bond donors (Lipinski definition) is 1. The van der Waals surface area contributed by atoms with E-state index in [-0.39, 0.29) is 0 Å². The largest absolute Gasteiger partial charge is 0.315 e. The lowest BCUT2D eigenvalue weighted by Crippen LogP contribution is -2.36. The molecule has 1 aliphatic rings. The Kier molecular flexibility index (Phi) is 4.16. The summed E-state index contributed by atoms with van der Waals surface area (Å²) >= 11 is 0. The van der Waals surface area contributed by atoms with Crippen molar-refractivity contribution in [2.24, 2.45) is 5.92 Å². The van der Waals surface area contributed by atoms with Crippen LogP contribution in [0.25, 0.3) is 11.1 Å². The molecule has 1 aromatic heterocycles. The summed E-state index contributed by atoms with van der Waals surface area (Å²) in [5, 5.41) is 8.01. The van der Waals surface area contributed by atoms with Crippen LogP contribution in [-0.4, -0.2) is 22.9 Å². The van der Waals surface area contributed by atoms with Gasteiger partial charge in [0, 0.05) is 17.8 Å². The molecule has 20 heavy (non-hydrogen) atoms. The predicted molar refractivity (Wildman–Crippen MR) is 82.5 cm³/mol. The minimum absolute atomic E-state index is 0.543. The van der Waals surface area contributed by atoms with Crippen molar-refractivity contribution in [2.45, 2.75) is 38.3 Å². The highest BCUT2D eigenvalue weighted by Gasteiger charge is 2.24. The van der Waals surface area contributed by atoms with Crippen molar-refractivity contribution in [1.82, 2.24) is 15.1 Å². The second kappa shape index (κ2) is 6.23. The summed E-state index contributed by atoms with van der Waals surface area (Å²) in [4.78, 5) is 0. The third-order valence-corrected chi connectivity index (χ3v) is 4.46. The second-order valence-electron chi connectivity index (χ2n) is 5.76. The van der Waals surface area contributed by atoms with Gasteiger partial charge in [0.05, 0.1) is 12.7 Å². The molecule has 0 spiro atoms. The lowest BCUT2D eigenvalue weighted by molar-refractivity contribution is 0.328. The maximum Gasteiger partial charge on any atom is 0.0568 e. The van der Waals surface area contributed by atoms with Crippen LogP contribution in [0.4, 0.5) is 0 Å². The molecule has 3 rings (SSSR count). The van der Waals surface area contributed by atoms with Crippen LogP contribution in [0.3, 0.4) is 0 Å². The molecule has 0 amide bonds. The van der Waals surface area contributed by atoms with Crippen molar-refractivity contribution in [2.75, 3.05) is 7.05 Å². The van der Waals surface area contributed by atoms with Crippen molar-refractivity contribution in [3.8, 4) is 11.1 Å². The summed E-state index contributed by atoms with van der Waals surface area (Å²) < 4.78 is 2.09. The molecule has 1 N–H and O–H groups in total. The monoisotopic (exact) mass is 269 g/mol. The zero-order valence-electron chi connectivity index (χ0n) is 12.1. The van der Waals surface area contributed by atoms with Crippen LogP contribution in [0.2, 0.25) is 0 Å². The highest BCUT2D eigenvalue weighted by atomic mass is 15.3. The summed E-state index contributed by atoms with van der Waals surface area (Å²) in [6.45, 7) is 0.966. The Morgan fingerprint density at radius 1 is 1.20 bits per heavy atom. The van der Waals surface area contributed by atoms with Gasteiger partial charge in [0.2, 0.25) is 0 Å². The van der Waals surface area contributed by atoms with Crippen molar-refractivity contribution >= 4 is 0 Å². The molecule has 0 aliphatic heterocycles. The molecular weight excluding hydrogens is 246 g/mol. The van der Waals surface area contributed by atoms with E-state index in [4.69, 9.17) is 0 Å². The third-order valence-electron chi connectivity index (χ3n) is 4.46. The van der Waals surface area contributed by atoms with Crippen LogP contribution in [0.15, 0.2) is 42.7 Å². The molecule has 1 heterocycles. The van der Waals surface area contributed by atoms with Crippen molar-refractivity contribution < 1.29 is 0 Å². The highest BCUT2D eigenvalue weighted by molar-refractivity contribution is 5.61. The van der Waals surface area contributed by atoms with Crippen molar-refractivity contribution in [3.05, 3.63) is 42.7 Å². The fraction of sp³-hybridized carbons (Fsp3) is 0.471. The van der Waals surface area contributed by atoms with Crippen LogP contribution in [0, 0.1) is 5.92 Å². The zero-order valence-corrected chi connectivity index (χ0v) is 12.1. The average Bonchev–Trinajstić information content (AvgIpc) is 3.17. The van der Waals surface area contributed by atoms with Gasteiger partial charge in [0.15, 0.2) is 0 Å². The topological polar surface area (TPSA) is 29.9 Å². The number of rotatable bonds is 5. The number of nitrogens with zero attached hydrogens (tertiary/aromatic N) is 2. The van der Waals surface area contributed by atoms with E-state index >= 15 is 0 Å². The number of hydrogen-bond acceptors (Lipinski definition) is 2. The molecule has 3 nitrogen and oxygen atoms in total. The Morgan fingerprint density at radius 3 is 2.65 bits per heavy atom. The summed E-state index contributed by atoms with van der Waals surface area (Å²) in [5.41, 5.74) is 2.44. The Morgan fingerprint density at radius 2 is 1.95 bits per heavy atom. The molecule has 1 aromatic carbocycles. The molecule has 1 saturated carbocycles. The van der Waals surface area contributed by atoms with Gasteiger partial charge < -0.3 is 5.32 Å². The SMILES string of the molecule is CNC(Cn1cc(-c2ccccc2)cn1)C1CCCC1. The minimum atomic E-state index is 0.543. The first kappa shape index (κ1) is 13.4. The molecule has 0 saturated heterocycles. The Balaban J connectivity index is 1.70. The van der Waals surface area contributed by atoms with E-state index in [2.05, 4.69) is 52.6 Å². The molecule has 3 heteroatoms. The van der Waals surface area contributed by atoms with Gasteiger partial charge >= 0.3 is 0 Å². The summed E-state index contributed by atoms with van der Waals surface area (Å²) in [7, 11) is 2.07. The van der Waals surface area contributed by atoms with E-state index in [9.17, 15) is 0 Å². The first-order valence-electron chi connectivity index (χ1n) is 7.62. The first-order chi connectivity index (χ1) is 9.86. The quantitative estimate of drug-likeness (QED) is 0.902. The minimum Gasteiger partial charge on any atom is -0.315 e. The predicted octanol–water partition coefficient (Wildman–Crippen LogP) is 3.33. The fourth-order valence-corrected chi connectivity index (χ4v) is 3.28. The van der Waals surface area contributed by atoms with Crippen LogP contribution in [0.1, 0.15) is 25.7 Å². The van der Waals surface area contributed by atoms with Crippen LogP contribution < -0.4 is 5.32 Å². The van der Waals surface area contributed by atoms with Crippen LogP contribution in [0.5, 0.6) is 0 Å². The van der Waals surface area contributed by atoms with Crippen molar-refractivity contribution in [3.63, 3.8) is 0 Å². The maximum atomic E-state index is 4.53. The average molecular weight is 269 g/mol. The maximum absolute atomic E-state index is 4.53. The zero-order chi connectivity index (χ0) is 13.8. The summed E-state index contributed by atoms with van der Waals surface area (Å²) in [6.07, 6.45) is 9.62. The van der Waals surface area contributed by atoms with Gasteiger partial charge in [-0.1, -0.05) is 43.2 Å². The Bertz CT molecular complexity index is 526. The van der Waals surface area contributed by atoms with Gasteiger partial charge in [-0.05, 0) is 31.4 Å². The van der Waals surface area contributed by atoms with E-state index in [1.165, 1.54) is 36.8 Å². The van der Waals surface area contributed by atoms with E-state index in [1.54, 1.807) is 0 Å². The van der Waals surface area contributed by atoms with Gasteiger partial charge in [-0.25, -0.2) is 0 Å². The number of benzene rings is 1. The molecule has 0 radical (unpaired) electrons. The lowest BCUT2D eigenvalue weighted by Gasteiger charge is -2.22. The third kappa shape index (κ3) is 2.93. The van der Waals surface area contributed by atoms with Crippen LogP contribution >= 0.6 is 0 Å². The van der Waals surface area contributed by atoms with Crippen LogP contribution in [-0.2, 0) is 6.54 Å². The van der Waals surface area contributed by atoms with E-state index in [1.807, 2.05) is 12.3 Å². The van der Waals surface area contributed by atoms with E-state index in [0.717, 1.165) is 12.5 Å². The highest BCUT2D eigenvalue weighted by Crippen LogP contribution is 2.28. The molecular formula is C17H23N3. The smallest absolute Gasteiger partial charge is 0.0568 e. The molecule has 1 fully saturated rings. The number of aromatic nitrogens is 2. The Hall–Kier alpha value is -1.61. The van der Waals surface area contributed by atoms with Gasteiger partial charge in [-0.3, -0.25) is 4.68 Å². The fourth-order valence-electron chi connectivity index (χ4n) is 3.28. The van der Waals surface area contributed by atoms with Gasteiger partial charge in [0.1, 0.15) is 0 Å². The number of nitrogens with one attached hydrogen (secondary N) is 1. The van der Waals surface area contributed by atoms with Gasteiger partial charge in [-0.15, -0.1) is 0 Å². The van der Waals surface area contributed by atoms with Gasteiger partial charge in [0.25, 0.3) is 0 Å². The normalized spacial score (nSPS) is 17.4.